The molecule has 0 saturated carbocycles. The van der Waals surface area contributed by atoms with Crippen molar-refractivity contribution in [1.29, 1.82) is 0 Å². The summed E-state index contributed by atoms with van der Waals surface area (Å²) in [6, 6.07) is 8.05. The molecular weight excluding hydrogens is 214 g/mol. The van der Waals surface area contributed by atoms with Crippen LogP contribution in [0.3, 0.4) is 0 Å². The average Bonchev–Trinajstić information content (AvgIpc) is 2.86. The summed E-state index contributed by atoms with van der Waals surface area (Å²) >= 11 is 0. The number of aliphatic hydroxyl groups excluding tert-OH is 1. The van der Waals surface area contributed by atoms with Crippen LogP contribution < -0.4 is 4.90 Å². The van der Waals surface area contributed by atoms with Crippen LogP contribution in [0.25, 0.3) is 11.0 Å². The molecule has 1 aliphatic rings. The second-order valence-corrected chi connectivity index (χ2v) is 4.39. The molecule has 2 heterocycles. The summed E-state index contributed by atoms with van der Waals surface area (Å²) in [6.07, 6.45) is 3.95. The number of anilines is 1. The Morgan fingerprint density at radius 1 is 1.29 bits per heavy atom. The molecular formula is C13H15N3O. The molecule has 1 saturated heterocycles. The molecule has 1 N–H and O–H groups in total. The molecule has 1 fully saturated rings. The summed E-state index contributed by atoms with van der Waals surface area (Å²) in [4.78, 5) is 11.2. The first-order chi connectivity index (χ1) is 8.38. The van der Waals surface area contributed by atoms with Gasteiger partial charge in [0.25, 0.3) is 0 Å². The zero-order valence-electron chi connectivity index (χ0n) is 9.58. The second kappa shape index (κ2) is 4.30. The second-order valence-electron chi connectivity index (χ2n) is 4.39. The van der Waals surface area contributed by atoms with Crippen LogP contribution in [0.2, 0.25) is 0 Å². The number of para-hydroxylation sites is 2. The smallest absolute Gasteiger partial charge is 0.148 e. The molecule has 2 aromatic rings. The fraction of sp³-hybridized carbons (Fsp3) is 0.385. The highest BCUT2D eigenvalue weighted by atomic mass is 16.3. The number of benzene rings is 1. The molecule has 1 atom stereocenters. The number of nitrogens with zero attached hydrogens (tertiary/aromatic N) is 3. The van der Waals surface area contributed by atoms with E-state index in [0.29, 0.717) is 0 Å². The molecule has 0 amide bonds. The van der Waals surface area contributed by atoms with Gasteiger partial charge < -0.3 is 10.0 Å². The van der Waals surface area contributed by atoms with Crippen LogP contribution in [-0.2, 0) is 0 Å². The highest BCUT2D eigenvalue weighted by Gasteiger charge is 2.25. The molecule has 0 radical (unpaired) electrons. The third-order valence-electron chi connectivity index (χ3n) is 3.32. The van der Waals surface area contributed by atoms with Gasteiger partial charge in [0.2, 0.25) is 0 Å². The number of aliphatic hydroxyl groups is 1. The van der Waals surface area contributed by atoms with E-state index in [2.05, 4.69) is 14.9 Å². The summed E-state index contributed by atoms with van der Waals surface area (Å²) in [7, 11) is 0. The van der Waals surface area contributed by atoms with E-state index in [4.69, 9.17) is 0 Å². The minimum atomic E-state index is 0.189. The van der Waals surface area contributed by atoms with Crippen LogP contribution in [0, 0.1) is 0 Å². The molecule has 1 unspecified atom stereocenters. The Morgan fingerprint density at radius 2 is 2.12 bits per heavy atom. The molecule has 1 aliphatic heterocycles. The molecule has 17 heavy (non-hydrogen) atoms. The van der Waals surface area contributed by atoms with Gasteiger partial charge in [0.05, 0.1) is 29.9 Å². The van der Waals surface area contributed by atoms with Crippen LogP contribution >= 0.6 is 0 Å². The lowest BCUT2D eigenvalue weighted by atomic mass is 10.2. The Hall–Kier alpha value is -1.68. The SMILES string of the molecule is OCC1CCCN1c1cnc2ccccc2n1. The lowest BCUT2D eigenvalue weighted by Gasteiger charge is -2.23. The number of fused-ring (bicyclic) bond motifs is 1. The number of rotatable bonds is 2. The highest BCUT2D eigenvalue weighted by Crippen LogP contribution is 2.24. The zero-order chi connectivity index (χ0) is 11.7. The van der Waals surface area contributed by atoms with Crippen molar-refractivity contribution in [3.63, 3.8) is 0 Å². The Kier molecular flexibility index (Phi) is 2.65. The van der Waals surface area contributed by atoms with E-state index < -0.39 is 0 Å². The minimum absolute atomic E-state index is 0.189. The lowest BCUT2D eigenvalue weighted by Crippen LogP contribution is -2.32. The van der Waals surface area contributed by atoms with E-state index in [1.54, 1.807) is 6.20 Å². The zero-order valence-corrected chi connectivity index (χ0v) is 9.58. The van der Waals surface area contributed by atoms with Crippen LogP contribution in [0.15, 0.2) is 30.5 Å². The molecule has 0 bridgehead atoms. The Balaban J connectivity index is 2.00. The van der Waals surface area contributed by atoms with Gasteiger partial charge in [-0.1, -0.05) is 12.1 Å². The first-order valence-corrected chi connectivity index (χ1v) is 5.98. The first-order valence-electron chi connectivity index (χ1n) is 5.98. The molecule has 1 aromatic carbocycles. The van der Waals surface area contributed by atoms with Gasteiger partial charge in [0.1, 0.15) is 5.82 Å². The van der Waals surface area contributed by atoms with Crippen molar-refractivity contribution in [3.8, 4) is 0 Å². The van der Waals surface area contributed by atoms with Crippen molar-refractivity contribution in [2.24, 2.45) is 0 Å². The van der Waals surface area contributed by atoms with E-state index in [-0.39, 0.29) is 12.6 Å². The maximum atomic E-state index is 9.32. The van der Waals surface area contributed by atoms with Gasteiger partial charge >= 0.3 is 0 Å². The molecule has 1 aromatic heterocycles. The van der Waals surface area contributed by atoms with Crippen LogP contribution in [0.1, 0.15) is 12.8 Å². The molecule has 3 rings (SSSR count). The summed E-state index contributed by atoms with van der Waals surface area (Å²) in [5.74, 6) is 0.875. The van der Waals surface area contributed by atoms with E-state index in [0.717, 1.165) is 36.2 Å². The van der Waals surface area contributed by atoms with Crippen molar-refractivity contribution in [2.45, 2.75) is 18.9 Å². The van der Waals surface area contributed by atoms with E-state index >= 15 is 0 Å². The summed E-state index contributed by atoms with van der Waals surface area (Å²) in [5.41, 5.74) is 1.82. The van der Waals surface area contributed by atoms with Crippen molar-refractivity contribution < 1.29 is 5.11 Å². The van der Waals surface area contributed by atoms with Gasteiger partial charge in [-0.15, -0.1) is 0 Å². The maximum absolute atomic E-state index is 9.32. The predicted molar refractivity (Wildman–Crippen MR) is 67.0 cm³/mol. The monoisotopic (exact) mass is 229 g/mol. The average molecular weight is 229 g/mol. The van der Waals surface area contributed by atoms with Gasteiger partial charge in [0, 0.05) is 6.54 Å². The lowest BCUT2D eigenvalue weighted by molar-refractivity contribution is 0.266. The van der Waals surface area contributed by atoms with Crippen molar-refractivity contribution >= 4 is 16.9 Å². The third-order valence-corrected chi connectivity index (χ3v) is 3.32. The number of hydrogen-bond donors (Lipinski definition) is 1. The quantitative estimate of drug-likeness (QED) is 0.849. The van der Waals surface area contributed by atoms with Crippen molar-refractivity contribution in [3.05, 3.63) is 30.5 Å². The third kappa shape index (κ3) is 1.85. The van der Waals surface area contributed by atoms with Crippen LogP contribution in [0.5, 0.6) is 0 Å². The van der Waals surface area contributed by atoms with Gasteiger partial charge in [-0.05, 0) is 25.0 Å². The van der Waals surface area contributed by atoms with Crippen molar-refractivity contribution in [1.82, 2.24) is 9.97 Å². The standard InChI is InChI=1S/C13H15N3O/c17-9-10-4-3-7-16(10)13-8-14-11-5-1-2-6-12(11)15-13/h1-2,5-6,8,10,17H,3-4,7,9H2. The normalized spacial score (nSPS) is 20.1. The fourth-order valence-corrected chi connectivity index (χ4v) is 2.41. The number of aromatic nitrogens is 2. The van der Waals surface area contributed by atoms with E-state index in [1.807, 2.05) is 24.3 Å². The minimum Gasteiger partial charge on any atom is -0.394 e. The van der Waals surface area contributed by atoms with E-state index in [1.165, 1.54) is 0 Å². The molecule has 4 nitrogen and oxygen atoms in total. The maximum Gasteiger partial charge on any atom is 0.148 e. The first kappa shape index (κ1) is 10.5. The highest BCUT2D eigenvalue weighted by molar-refractivity contribution is 5.75. The van der Waals surface area contributed by atoms with Gasteiger partial charge in [-0.3, -0.25) is 4.98 Å². The molecule has 4 heteroatoms. The van der Waals surface area contributed by atoms with Crippen molar-refractivity contribution in [2.75, 3.05) is 18.1 Å². The fourth-order valence-electron chi connectivity index (χ4n) is 2.41. The van der Waals surface area contributed by atoms with Crippen LogP contribution in [-0.4, -0.2) is 34.3 Å². The van der Waals surface area contributed by atoms with Gasteiger partial charge in [0.15, 0.2) is 0 Å². The van der Waals surface area contributed by atoms with Gasteiger partial charge in [-0.25, -0.2) is 4.98 Å². The number of hydrogen-bond acceptors (Lipinski definition) is 4. The Labute approximate surface area is 99.9 Å². The summed E-state index contributed by atoms with van der Waals surface area (Å²) in [5, 5.41) is 9.32. The largest absolute Gasteiger partial charge is 0.394 e. The predicted octanol–water partition coefficient (Wildman–Crippen LogP) is 1.59. The Bertz CT molecular complexity index is 529. The van der Waals surface area contributed by atoms with Crippen LogP contribution in [0.4, 0.5) is 5.82 Å². The molecule has 88 valence electrons. The molecule has 0 spiro atoms. The van der Waals surface area contributed by atoms with E-state index in [9.17, 15) is 5.11 Å². The summed E-state index contributed by atoms with van der Waals surface area (Å²) in [6.45, 7) is 1.15. The summed E-state index contributed by atoms with van der Waals surface area (Å²) < 4.78 is 0. The Morgan fingerprint density at radius 3 is 2.94 bits per heavy atom. The van der Waals surface area contributed by atoms with Gasteiger partial charge in [-0.2, -0.15) is 0 Å². The topological polar surface area (TPSA) is 49.2 Å². The molecule has 0 aliphatic carbocycles.